The number of guanidine groups is 1. The van der Waals surface area contributed by atoms with Crippen LogP contribution in [0.1, 0.15) is 35.8 Å². The van der Waals surface area contributed by atoms with Gasteiger partial charge in [-0.2, -0.15) is 0 Å². The molecule has 1 aromatic carbocycles. The summed E-state index contributed by atoms with van der Waals surface area (Å²) in [6, 6.07) is 13.2. The smallest absolute Gasteiger partial charge is 0.191 e. The molecule has 0 aliphatic carbocycles. The van der Waals surface area contributed by atoms with Gasteiger partial charge in [0, 0.05) is 24.5 Å². The Labute approximate surface area is 161 Å². The zero-order valence-corrected chi connectivity index (χ0v) is 16.5. The van der Waals surface area contributed by atoms with Crippen LogP contribution >= 0.6 is 11.3 Å². The molecule has 2 aromatic rings. The Bertz CT molecular complexity index is 658. The van der Waals surface area contributed by atoms with Crippen LogP contribution in [0.2, 0.25) is 0 Å². The average Bonchev–Trinajstić information content (AvgIpc) is 3.35. The maximum absolute atomic E-state index is 4.72. The van der Waals surface area contributed by atoms with Crippen molar-refractivity contribution in [2.24, 2.45) is 4.99 Å². The molecule has 1 aliphatic rings. The zero-order valence-electron chi connectivity index (χ0n) is 15.7. The molecular formula is C21H30N4S. The maximum atomic E-state index is 4.72. The number of hydrogen-bond acceptors (Lipinski definition) is 3. The highest BCUT2D eigenvalue weighted by molar-refractivity contribution is 7.09. The SMILES string of the molecule is CCNC(=NCc1ccc(CN2CCCC2)cc1)NCCc1cccs1. The van der Waals surface area contributed by atoms with Crippen LogP contribution in [0.5, 0.6) is 0 Å². The van der Waals surface area contributed by atoms with Gasteiger partial charge < -0.3 is 10.6 Å². The first-order valence-electron chi connectivity index (χ1n) is 9.68. The minimum atomic E-state index is 0.707. The molecule has 4 nitrogen and oxygen atoms in total. The van der Waals surface area contributed by atoms with Gasteiger partial charge in [-0.25, -0.2) is 4.99 Å². The van der Waals surface area contributed by atoms with Crippen molar-refractivity contribution in [3.63, 3.8) is 0 Å². The molecule has 0 spiro atoms. The van der Waals surface area contributed by atoms with E-state index in [4.69, 9.17) is 4.99 Å². The first-order chi connectivity index (χ1) is 12.8. The lowest BCUT2D eigenvalue weighted by Gasteiger charge is -2.14. The van der Waals surface area contributed by atoms with E-state index in [9.17, 15) is 0 Å². The number of nitrogens with zero attached hydrogens (tertiary/aromatic N) is 2. The molecule has 0 atom stereocenters. The molecule has 2 N–H and O–H groups in total. The van der Waals surface area contributed by atoms with Gasteiger partial charge in [-0.1, -0.05) is 30.3 Å². The molecule has 3 rings (SSSR count). The molecule has 2 heterocycles. The molecule has 0 saturated carbocycles. The number of thiophene rings is 1. The quantitative estimate of drug-likeness (QED) is 0.550. The normalized spacial score (nSPS) is 15.3. The first-order valence-corrected chi connectivity index (χ1v) is 10.6. The van der Waals surface area contributed by atoms with E-state index in [1.165, 1.54) is 41.9 Å². The minimum Gasteiger partial charge on any atom is -0.357 e. The van der Waals surface area contributed by atoms with Gasteiger partial charge in [0.15, 0.2) is 5.96 Å². The largest absolute Gasteiger partial charge is 0.357 e. The summed E-state index contributed by atoms with van der Waals surface area (Å²) in [5, 5.41) is 8.88. The molecule has 5 heteroatoms. The second kappa shape index (κ2) is 10.3. The number of hydrogen-bond donors (Lipinski definition) is 2. The predicted molar refractivity (Wildman–Crippen MR) is 112 cm³/mol. The van der Waals surface area contributed by atoms with Crippen molar-refractivity contribution in [3.8, 4) is 0 Å². The number of likely N-dealkylation sites (tertiary alicyclic amines) is 1. The highest BCUT2D eigenvalue weighted by Crippen LogP contribution is 2.13. The summed E-state index contributed by atoms with van der Waals surface area (Å²) in [5.74, 6) is 0.894. The van der Waals surface area contributed by atoms with Crippen molar-refractivity contribution in [3.05, 3.63) is 57.8 Å². The zero-order chi connectivity index (χ0) is 18.0. The highest BCUT2D eigenvalue weighted by atomic mass is 32.1. The molecule has 0 bridgehead atoms. The van der Waals surface area contributed by atoms with Crippen LogP contribution in [-0.2, 0) is 19.5 Å². The number of aliphatic imine (C=N–C) groups is 1. The second-order valence-electron chi connectivity index (χ2n) is 6.75. The molecule has 0 amide bonds. The number of benzene rings is 1. The van der Waals surface area contributed by atoms with E-state index in [1.807, 2.05) is 0 Å². The fourth-order valence-corrected chi connectivity index (χ4v) is 3.93. The Hall–Kier alpha value is -1.85. The van der Waals surface area contributed by atoms with Crippen LogP contribution in [0.4, 0.5) is 0 Å². The van der Waals surface area contributed by atoms with Crippen LogP contribution < -0.4 is 10.6 Å². The van der Waals surface area contributed by atoms with Gasteiger partial charge in [-0.05, 0) is 61.8 Å². The third kappa shape index (κ3) is 6.15. The van der Waals surface area contributed by atoms with Crippen LogP contribution in [0.25, 0.3) is 0 Å². The van der Waals surface area contributed by atoms with Crippen molar-refractivity contribution in [2.45, 2.75) is 39.3 Å². The fourth-order valence-electron chi connectivity index (χ4n) is 3.22. The summed E-state index contributed by atoms with van der Waals surface area (Å²) < 4.78 is 0. The third-order valence-corrected chi connectivity index (χ3v) is 5.57. The van der Waals surface area contributed by atoms with Crippen molar-refractivity contribution >= 4 is 17.3 Å². The molecule has 1 aromatic heterocycles. The van der Waals surface area contributed by atoms with Crippen LogP contribution in [0.3, 0.4) is 0 Å². The van der Waals surface area contributed by atoms with Gasteiger partial charge in [0.25, 0.3) is 0 Å². The maximum Gasteiger partial charge on any atom is 0.191 e. The Kier molecular flexibility index (Phi) is 7.52. The van der Waals surface area contributed by atoms with Gasteiger partial charge in [-0.3, -0.25) is 4.90 Å². The van der Waals surface area contributed by atoms with Crippen LogP contribution in [-0.4, -0.2) is 37.0 Å². The third-order valence-electron chi connectivity index (χ3n) is 4.64. The summed E-state index contributed by atoms with van der Waals surface area (Å²) in [6.07, 6.45) is 3.73. The van der Waals surface area contributed by atoms with E-state index in [0.717, 1.165) is 32.0 Å². The summed E-state index contributed by atoms with van der Waals surface area (Å²) >= 11 is 1.81. The second-order valence-corrected chi connectivity index (χ2v) is 7.78. The van der Waals surface area contributed by atoms with E-state index in [0.29, 0.717) is 6.54 Å². The molecule has 26 heavy (non-hydrogen) atoms. The molecule has 1 saturated heterocycles. The topological polar surface area (TPSA) is 39.7 Å². The Balaban J connectivity index is 1.47. The van der Waals surface area contributed by atoms with Crippen LogP contribution in [0, 0.1) is 0 Å². The van der Waals surface area contributed by atoms with E-state index in [2.05, 4.69) is 64.2 Å². The van der Waals surface area contributed by atoms with E-state index in [-0.39, 0.29) is 0 Å². The monoisotopic (exact) mass is 370 g/mol. The summed E-state index contributed by atoms with van der Waals surface area (Å²) in [4.78, 5) is 8.66. The van der Waals surface area contributed by atoms with Gasteiger partial charge in [0.2, 0.25) is 0 Å². The molecule has 140 valence electrons. The number of rotatable bonds is 8. The standard InChI is InChI=1S/C21H30N4S/c1-2-22-21(23-12-11-20-6-5-15-26-20)24-16-18-7-9-19(10-8-18)17-25-13-3-4-14-25/h5-10,15H,2-4,11-14,16-17H2,1H3,(H2,22,23,24). The Morgan fingerprint density at radius 2 is 1.85 bits per heavy atom. The Morgan fingerprint density at radius 1 is 1.08 bits per heavy atom. The first kappa shape index (κ1) is 18.9. The number of nitrogens with one attached hydrogen (secondary N) is 2. The van der Waals surface area contributed by atoms with Crippen molar-refractivity contribution in [2.75, 3.05) is 26.2 Å². The van der Waals surface area contributed by atoms with Crippen LogP contribution in [0.15, 0.2) is 46.8 Å². The lowest BCUT2D eigenvalue weighted by molar-refractivity contribution is 0.331. The van der Waals surface area contributed by atoms with Gasteiger partial charge >= 0.3 is 0 Å². The Morgan fingerprint density at radius 3 is 2.54 bits per heavy atom. The van der Waals surface area contributed by atoms with Gasteiger partial charge in [0.1, 0.15) is 0 Å². The van der Waals surface area contributed by atoms with Crippen molar-refractivity contribution in [1.82, 2.24) is 15.5 Å². The fraction of sp³-hybridized carbons (Fsp3) is 0.476. The summed E-state index contributed by atoms with van der Waals surface area (Å²) in [5.41, 5.74) is 2.66. The summed E-state index contributed by atoms with van der Waals surface area (Å²) in [7, 11) is 0. The average molecular weight is 371 g/mol. The minimum absolute atomic E-state index is 0.707. The summed E-state index contributed by atoms with van der Waals surface area (Å²) in [6.45, 7) is 8.16. The van der Waals surface area contributed by atoms with E-state index in [1.54, 1.807) is 11.3 Å². The van der Waals surface area contributed by atoms with E-state index < -0.39 is 0 Å². The van der Waals surface area contributed by atoms with Gasteiger partial charge in [0.05, 0.1) is 6.54 Å². The van der Waals surface area contributed by atoms with E-state index >= 15 is 0 Å². The lowest BCUT2D eigenvalue weighted by Crippen LogP contribution is -2.38. The van der Waals surface area contributed by atoms with Crippen molar-refractivity contribution < 1.29 is 0 Å². The highest BCUT2D eigenvalue weighted by Gasteiger charge is 2.11. The molecule has 0 unspecified atom stereocenters. The lowest BCUT2D eigenvalue weighted by atomic mass is 10.1. The molecule has 1 fully saturated rings. The molecular weight excluding hydrogens is 340 g/mol. The molecule has 1 aliphatic heterocycles. The van der Waals surface area contributed by atoms with Gasteiger partial charge in [-0.15, -0.1) is 11.3 Å². The van der Waals surface area contributed by atoms with Crippen molar-refractivity contribution in [1.29, 1.82) is 0 Å². The predicted octanol–water partition coefficient (Wildman–Crippen LogP) is 3.64. The molecule has 0 radical (unpaired) electrons.